The molecule has 1 N–H and O–H groups in total. The van der Waals surface area contributed by atoms with Gasteiger partial charge >= 0.3 is 0 Å². The normalized spacial score (nSPS) is 28.3. The highest BCUT2D eigenvalue weighted by atomic mass is 15.3. The molecule has 2 heterocycles. The Morgan fingerprint density at radius 3 is 3.15 bits per heavy atom. The van der Waals surface area contributed by atoms with Crippen LogP contribution in [0.3, 0.4) is 0 Å². The van der Waals surface area contributed by atoms with Gasteiger partial charge in [-0.05, 0) is 18.8 Å². The van der Waals surface area contributed by atoms with Crippen LogP contribution in [-0.4, -0.2) is 22.6 Å². The third kappa shape index (κ3) is 1.55. The number of anilines is 1. The molecule has 2 rings (SSSR count). The van der Waals surface area contributed by atoms with E-state index in [1.165, 1.54) is 12.8 Å². The summed E-state index contributed by atoms with van der Waals surface area (Å²) >= 11 is 0. The number of hydrogen-bond acceptors (Lipinski definition) is 2. The Morgan fingerprint density at radius 1 is 1.69 bits per heavy atom. The van der Waals surface area contributed by atoms with Crippen LogP contribution >= 0.6 is 0 Å². The molecular formula is C10H17N3. The fourth-order valence-corrected chi connectivity index (χ4v) is 2.21. The monoisotopic (exact) mass is 179 g/mol. The van der Waals surface area contributed by atoms with E-state index in [0.29, 0.717) is 6.04 Å². The maximum absolute atomic E-state index is 4.30. The predicted octanol–water partition coefficient (Wildman–Crippen LogP) is 2.03. The molecule has 1 aliphatic heterocycles. The maximum Gasteiger partial charge on any atom is 0.202 e. The lowest BCUT2D eigenvalue weighted by molar-refractivity contribution is 0.586. The summed E-state index contributed by atoms with van der Waals surface area (Å²) in [5, 5.41) is 0. The Kier molecular flexibility index (Phi) is 2.25. The van der Waals surface area contributed by atoms with Crippen LogP contribution in [0.25, 0.3) is 0 Å². The van der Waals surface area contributed by atoms with Crippen molar-refractivity contribution in [3.63, 3.8) is 0 Å². The SMILES string of the molecule is CCC1CC(C)CN1c1ncc[nH]1. The molecule has 0 saturated carbocycles. The molecule has 0 aromatic carbocycles. The van der Waals surface area contributed by atoms with Crippen LogP contribution in [0.1, 0.15) is 26.7 Å². The Labute approximate surface area is 79.2 Å². The molecule has 0 spiro atoms. The molecule has 72 valence electrons. The maximum atomic E-state index is 4.30. The molecule has 0 amide bonds. The lowest BCUT2D eigenvalue weighted by atomic mass is 10.1. The van der Waals surface area contributed by atoms with Crippen LogP contribution in [0.5, 0.6) is 0 Å². The van der Waals surface area contributed by atoms with E-state index in [4.69, 9.17) is 0 Å². The highest BCUT2D eigenvalue weighted by molar-refractivity contribution is 5.33. The van der Waals surface area contributed by atoms with Crippen LogP contribution < -0.4 is 4.90 Å². The minimum Gasteiger partial charge on any atom is -0.339 e. The molecule has 2 unspecified atom stereocenters. The fourth-order valence-electron chi connectivity index (χ4n) is 2.21. The second-order valence-corrected chi connectivity index (χ2v) is 3.97. The molecule has 13 heavy (non-hydrogen) atoms. The van der Waals surface area contributed by atoms with Gasteiger partial charge in [0, 0.05) is 25.0 Å². The van der Waals surface area contributed by atoms with Crippen molar-refractivity contribution in [2.75, 3.05) is 11.4 Å². The molecule has 2 atom stereocenters. The molecule has 1 aromatic rings. The van der Waals surface area contributed by atoms with Crippen molar-refractivity contribution >= 4 is 5.95 Å². The van der Waals surface area contributed by atoms with E-state index in [2.05, 4.69) is 28.7 Å². The van der Waals surface area contributed by atoms with Crippen molar-refractivity contribution in [1.29, 1.82) is 0 Å². The molecule has 1 aromatic heterocycles. The van der Waals surface area contributed by atoms with Crippen molar-refractivity contribution in [2.24, 2.45) is 5.92 Å². The largest absolute Gasteiger partial charge is 0.339 e. The third-order valence-electron chi connectivity index (χ3n) is 2.85. The number of nitrogens with zero attached hydrogens (tertiary/aromatic N) is 2. The first kappa shape index (κ1) is 8.60. The van der Waals surface area contributed by atoms with E-state index < -0.39 is 0 Å². The Balaban J connectivity index is 2.14. The average Bonchev–Trinajstić information content (AvgIpc) is 2.71. The summed E-state index contributed by atoms with van der Waals surface area (Å²) in [4.78, 5) is 9.87. The van der Waals surface area contributed by atoms with Crippen LogP contribution in [0.2, 0.25) is 0 Å². The van der Waals surface area contributed by atoms with E-state index in [1.54, 1.807) is 0 Å². The number of hydrogen-bond donors (Lipinski definition) is 1. The molecule has 0 aliphatic carbocycles. The first-order chi connectivity index (χ1) is 6.31. The molecule has 1 saturated heterocycles. The Morgan fingerprint density at radius 2 is 2.54 bits per heavy atom. The minimum absolute atomic E-state index is 0.682. The summed E-state index contributed by atoms with van der Waals surface area (Å²) in [6.07, 6.45) is 6.23. The quantitative estimate of drug-likeness (QED) is 0.753. The van der Waals surface area contributed by atoms with Crippen molar-refractivity contribution in [3.8, 4) is 0 Å². The zero-order valence-corrected chi connectivity index (χ0v) is 8.33. The number of H-pyrrole nitrogens is 1. The molecule has 0 radical (unpaired) electrons. The van der Waals surface area contributed by atoms with Crippen LogP contribution in [-0.2, 0) is 0 Å². The predicted molar refractivity (Wildman–Crippen MR) is 53.8 cm³/mol. The van der Waals surface area contributed by atoms with Gasteiger partial charge in [0.25, 0.3) is 0 Å². The summed E-state index contributed by atoms with van der Waals surface area (Å²) in [7, 11) is 0. The summed E-state index contributed by atoms with van der Waals surface area (Å²) < 4.78 is 0. The topological polar surface area (TPSA) is 31.9 Å². The summed E-state index contributed by atoms with van der Waals surface area (Å²) in [5.41, 5.74) is 0. The van der Waals surface area contributed by atoms with Gasteiger partial charge in [0.2, 0.25) is 5.95 Å². The van der Waals surface area contributed by atoms with Crippen molar-refractivity contribution in [3.05, 3.63) is 12.4 Å². The fraction of sp³-hybridized carbons (Fsp3) is 0.700. The smallest absolute Gasteiger partial charge is 0.202 e. The van der Waals surface area contributed by atoms with Crippen LogP contribution in [0.4, 0.5) is 5.95 Å². The number of rotatable bonds is 2. The van der Waals surface area contributed by atoms with Gasteiger partial charge in [-0.3, -0.25) is 0 Å². The van der Waals surface area contributed by atoms with E-state index in [-0.39, 0.29) is 0 Å². The lowest BCUT2D eigenvalue weighted by Crippen LogP contribution is -2.29. The minimum atomic E-state index is 0.682. The molecule has 1 aliphatic rings. The van der Waals surface area contributed by atoms with Gasteiger partial charge in [-0.2, -0.15) is 0 Å². The third-order valence-corrected chi connectivity index (χ3v) is 2.85. The van der Waals surface area contributed by atoms with Crippen molar-refractivity contribution in [1.82, 2.24) is 9.97 Å². The van der Waals surface area contributed by atoms with Gasteiger partial charge in [-0.25, -0.2) is 4.98 Å². The highest BCUT2D eigenvalue weighted by Crippen LogP contribution is 2.27. The zero-order chi connectivity index (χ0) is 9.26. The summed E-state index contributed by atoms with van der Waals surface area (Å²) in [5.74, 6) is 1.84. The Bertz CT molecular complexity index is 255. The second-order valence-electron chi connectivity index (χ2n) is 3.97. The average molecular weight is 179 g/mol. The van der Waals surface area contributed by atoms with Gasteiger partial charge in [0.05, 0.1) is 0 Å². The van der Waals surface area contributed by atoms with Gasteiger partial charge in [-0.1, -0.05) is 13.8 Å². The van der Waals surface area contributed by atoms with Gasteiger partial charge < -0.3 is 9.88 Å². The molecule has 3 nitrogen and oxygen atoms in total. The van der Waals surface area contributed by atoms with E-state index in [0.717, 1.165) is 18.4 Å². The van der Waals surface area contributed by atoms with Gasteiger partial charge in [0.15, 0.2) is 0 Å². The van der Waals surface area contributed by atoms with Crippen LogP contribution in [0, 0.1) is 5.92 Å². The first-order valence-electron chi connectivity index (χ1n) is 5.07. The standard InChI is InChI=1S/C10H17N3/c1-3-9-6-8(2)7-13(9)10-11-4-5-12-10/h4-5,8-9H,3,6-7H2,1-2H3,(H,11,12). The Hall–Kier alpha value is -0.990. The molecule has 0 bridgehead atoms. The van der Waals surface area contributed by atoms with E-state index in [1.807, 2.05) is 12.4 Å². The zero-order valence-electron chi connectivity index (χ0n) is 8.33. The van der Waals surface area contributed by atoms with Gasteiger partial charge in [-0.15, -0.1) is 0 Å². The number of nitrogens with one attached hydrogen (secondary N) is 1. The summed E-state index contributed by atoms with van der Waals surface area (Å²) in [6.45, 7) is 5.70. The lowest BCUT2D eigenvalue weighted by Gasteiger charge is -2.22. The first-order valence-corrected chi connectivity index (χ1v) is 5.07. The molecule has 3 heteroatoms. The molecular weight excluding hydrogens is 162 g/mol. The van der Waals surface area contributed by atoms with Crippen LogP contribution in [0.15, 0.2) is 12.4 Å². The van der Waals surface area contributed by atoms with Gasteiger partial charge in [0.1, 0.15) is 0 Å². The highest BCUT2D eigenvalue weighted by Gasteiger charge is 2.29. The van der Waals surface area contributed by atoms with Crippen molar-refractivity contribution in [2.45, 2.75) is 32.7 Å². The number of aromatic amines is 1. The molecule has 1 fully saturated rings. The number of imidazole rings is 1. The summed E-state index contributed by atoms with van der Waals surface area (Å²) in [6, 6.07) is 0.682. The van der Waals surface area contributed by atoms with E-state index in [9.17, 15) is 0 Å². The number of aromatic nitrogens is 2. The van der Waals surface area contributed by atoms with E-state index >= 15 is 0 Å². The van der Waals surface area contributed by atoms with Crippen molar-refractivity contribution < 1.29 is 0 Å². The second kappa shape index (κ2) is 3.40.